The molecule has 0 unspecified atom stereocenters. The van der Waals surface area contributed by atoms with E-state index < -0.39 is 10.2 Å². The minimum absolute atomic E-state index is 0.263. The number of aromatic nitrogens is 1. The summed E-state index contributed by atoms with van der Waals surface area (Å²) in [6.45, 7) is 0.965. The molecule has 0 fully saturated rings. The Labute approximate surface area is 118 Å². The van der Waals surface area contributed by atoms with Crippen LogP contribution in [0.15, 0.2) is 30.5 Å². The Kier molecular flexibility index (Phi) is 5.13. The minimum Gasteiger partial charge on any atom is -0.383 e. The van der Waals surface area contributed by atoms with Crippen molar-refractivity contribution in [3.63, 3.8) is 0 Å². The molecular weight excluding hydrogens is 278 g/mol. The van der Waals surface area contributed by atoms with Gasteiger partial charge in [-0.3, -0.25) is 0 Å². The number of hydrogen-bond donors (Lipinski definition) is 3. The lowest BCUT2D eigenvalue weighted by molar-refractivity contribution is 0.204. The van der Waals surface area contributed by atoms with Gasteiger partial charge in [-0.25, -0.2) is 4.72 Å². The fourth-order valence-corrected chi connectivity index (χ4v) is 2.81. The third-order valence-electron chi connectivity index (χ3n) is 2.96. The number of benzene rings is 1. The molecule has 0 bridgehead atoms. The summed E-state index contributed by atoms with van der Waals surface area (Å²) in [5, 5.41) is 1.12. The van der Waals surface area contributed by atoms with Crippen LogP contribution >= 0.6 is 0 Å². The van der Waals surface area contributed by atoms with E-state index in [-0.39, 0.29) is 6.54 Å². The fourth-order valence-electron chi connectivity index (χ4n) is 1.99. The van der Waals surface area contributed by atoms with Gasteiger partial charge >= 0.3 is 0 Å². The van der Waals surface area contributed by atoms with Crippen LogP contribution in [0.1, 0.15) is 5.56 Å². The van der Waals surface area contributed by atoms with Crippen molar-refractivity contribution in [2.24, 2.45) is 0 Å². The van der Waals surface area contributed by atoms with Gasteiger partial charge in [0.1, 0.15) is 0 Å². The smallest absolute Gasteiger partial charge is 0.276 e. The van der Waals surface area contributed by atoms with Gasteiger partial charge in [0.15, 0.2) is 0 Å². The Hall–Kier alpha value is -1.41. The maximum Gasteiger partial charge on any atom is 0.276 e. The molecule has 0 aliphatic rings. The van der Waals surface area contributed by atoms with Gasteiger partial charge in [0.25, 0.3) is 10.2 Å². The second kappa shape index (κ2) is 6.85. The van der Waals surface area contributed by atoms with Gasteiger partial charge < -0.3 is 9.72 Å². The van der Waals surface area contributed by atoms with Crippen molar-refractivity contribution in [2.75, 3.05) is 26.8 Å². The summed E-state index contributed by atoms with van der Waals surface area (Å²) in [5.74, 6) is 0. The highest BCUT2D eigenvalue weighted by atomic mass is 32.2. The van der Waals surface area contributed by atoms with Gasteiger partial charge in [0.05, 0.1) is 6.61 Å². The lowest BCUT2D eigenvalue weighted by Gasteiger charge is -2.07. The van der Waals surface area contributed by atoms with Crippen LogP contribution in [0.3, 0.4) is 0 Å². The molecule has 0 aliphatic carbocycles. The minimum atomic E-state index is -3.45. The van der Waals surface area contributed by atoms with E-state index in [1.165, 1.54) is 7.11 Å². The van der Waals surface area contributed by atoms with Crippen molar-refractivity contribution in [3.8, 4) is 0 Å². The lowest BCUT2D eigenvalue weighted by Crippen LogP contribution is -2.39. The summed E-state index contributed by atoms with van der Waals surface area (Å²) in [6.07, 6.45) is 2.55. The highest BCUT2D eigenvalue weighted by molar-refractivity contribution is 7.87. The van der Waals surface area contributed by atoms with Crippen LogP contribution in [0.4, 0.5) is 0 Å². The van der Waals surface area contributed by atoms with Gasteiger partial charge in [-0.2, -0.15) is 13.1 Å². The number of hydrogen-bond acceptors (Lipinski definition) is 3. The summed E-state index contributed by atoms with van der Waals surface area (Å²) in [4.78, 5) is 3.17. The first-order valence-electron chi connectivity index (χ1n) is 6.40. The number of methoxy groups -OCH3 is 1. The molecule has 1 heterocycles. The van der Waals surface area contributed by atoms with Crippen LogP contribution in [0, 0.1) is 0 Å². The van der Waals surface area contributed by atoms with Crippen LogP contribution in [-0.2, 0) is 21.4 Å². The molecule has 1 aromatic heterocycles. The Morgan fingerprint density at radius 3 is 2.75 bits per heavy atom. The van der Waals surface area contributed by atoms with Gasteiger partial charge in [-0.05, 0) is 18.1 Å². The highest BCUT2D eigenvalue weighted by Crippen LogP contribution is 2.17. The molecule has 0 aliphatic heterocycles. The highest BCUT2D eigenvalue weighted by Gasteiger charge is 2.09. The van der Waals surface area contributed by atoms with Crippen molar-refractivity contribution in [3.05, 3.63) is 36.0 Å². The van der Waals surface area contributed by atoms with Gasteiger partial charge in [-0.1, -0.05) is 18.2 Å². The predicted molar refractivity (Wildman–Crippen MR) is 78.8 cm³/mol. The number of ether oxygens (including phenoxy) is 1. The van der Waals surface area contributed by atoms with Crippen molar-refractivity contribution < 1.29 is 13.2 Å². The molecule has 0 saturated carbocycles. The van der Waals surface area contributed by atoms with Crippen molar-refractivity contribution in [2.45, 2.75) is 6.42 Å². The maximum absolute atomic E-state index is 11.6. The molecule has 110 valence electrons. The first-order valence-corrected chi connectivity index (χ1v) is 7.89. The standard InChI is InChI=1S/C13H19N3O3S/c1-19-9-8-16-20(17,18)15-7-6-11-10-14-13-5-3-2-4-12(11)13/h2-5,10,14-16H,6-9H2,1H3. The molecule has 20 heavy (non-hydrogen) atoms. The molecule has 2 rings (SSSR count). The SMILES string of the molecule is COCCNS(=O)(=O)NCCc1c[nH]c2ccccc12. The number of aromatic amines is 1. The number of fused-ring (bicyclic) bond motifs is 1. The first kappa shape index (κ1) is 15.0. The molecule has 0 atom stereocenters. The van der Waals surface area contributed by atoms with Crippen molar-refractivity contribution in [1.82, 2.24) is 14.4 Å². The average Bonchev–Trinajstić information content (AvgIpc) is 2.82. The Bertz CT molecular complexity index is 652. The molecule has 0 amide bonds. The summed E-state index contributed by atoms with van der Waals surface area (Å²) in [6, 6.07) is 7.95. The van der Waals surface area contributed by atoms with Crippen molar-refractivity contribution in [1.29, 1.82) is 0 Å². The number of rotatable bonds is 8. The summed E-state index contributed by atoms with van der Waals surface area (Å²) >= 11 is 0. The Morgan fingerprint density at radius 1 is 1.20 bits per heavy atom. The van der Waals surface area contributed by atoms with E-state index in [2.05, 4.69) is 14.4 Å². The molecule has 2 aromatic rings. The third-order valence-corrected chi connectivity index (χ3v) is 4.13. The molecule has 7 heteroatoms. The zero-order valence-electron chi connectivity index (χ0n) is 11.3. The number of H-pyrrole nitrogens is 1. The largest absolute Gasteiger partial charge is 0.383 e. The summed E-state index contributed by atoms with van der Waals surface area (Å²) in [5.41, 5.74) is 2.16. The Morgan fingerprint density at radius 2 is 1.95 bits per heavy atom. The predicted octanol–water partition coefficient (Wildman–Crippen LogP) is 0.781. The molecule has 0 spiro atoms. The third kappa shape index (κ3) is 4.04. The van der Waals surface area contributed by atoms with E-state index in [0.29, 0.717) is 19.6 Å². The van der Waals surface area contributed by atoms with Crippen molar-refractivity contribution >= 4 is 21.1 Å². The first-order chi connectivity index (χ1) is 9.62. The van der Waals surface area contributed by atoms with Gasteiger partial charge in [-0.15, -0.1) is 0 Å². The van der Waals surface area contributed by atoms with Crippen LogP contribution < -0.4 is 9.44 Å². The summed E-state index contributed by atoms with van der Waals surface area (Å²) < 4.78 is 32.9. The number of para-hydroxylation sites is 1. The van der Waals surface area contributed by atoms with Gasteiger partial charge in [0, 0.05) is 37.3 Å². The second-order valence-electron chi connectivity index (χ2n) is 4.39. The van der Waals surface area contributed by atoms with Crippen LogP contribution in [0.2, 0.25) is 0 Å². The molecule has 0 radical (unpaired) electrons. The fraction of sp³-hybridized carbons (Fsp3) is 0.385. The molecular formula is C13H19N3O3S. The second-order valence-corrected chi connectivity index (χ2v) is 5.98. The molecule has 6 nitrogen and oxygen atoms in total. The van der Waals surface area contributed by atoms with Crippen LogP contribution in [-0.4, -0.2) is 40.2 Å². The zero-order valence-corrected chi connectivity index (χ0v) is 12.2. The topological polar surface area (TPSA) is 83.2 Å². The van der Waals surface area contributed by atoms with E-state index in [1.807, 2.05) is 30.5 Å². The Balaban J connectivity index is 1.86. The van der Waals surface area contributed by atoms with E-state index in [4.69, 9.17) is 4.74 Å². The molecule has 3 N–H and O–H groups in total. The molecule has 0 saturated heterocycles. The van der Waals surface area contributed by atoms with E-state index >= 15 is 0 Å². The quantitative estimate of drug-likeness (QED) is 0.630. The molecule has 1 aromatic carbocycles. The van der Waals surface area contributed by atoms with E-state index in [9.17, 15) is 8.42 Å². The van der Waals surface area contributed by atoms with Gasteiger partial charge in [0.2, 0.25) is 0 Å². The summed E-state index contributed by atoms with van der Waals surface area (Å²) in [7, 11) is -1.92. The normalized spacial score (nSPS) is 12.1. The maximum atomic E-state index is 11.6. The van der Waals surface area contributed by atoms with Crippen LogP contribution in [0.25, 0.3) is 10.9 Å². The zero-order chi connectivity index (χ0) is 14.4. The lowest BCUT2D eigenvalue weighted by atomic mass is 10.1. The monoisotopic (exact) mass is 297 g/mol. The van der Waals surface area contributed by atoms with Crippen LogP contribution in [0.5, 0.6) is 0 Å². The van der Waals surface area contributed by atoms with E-state index in [1.54, 1.807) is 0 Å². The van der Waals surface area contributed by atoms with E-state index in [0.717, 1.165) is 16.5 Å². The number of nitrogens with one attached hydrogen (secondary N) is 3. The average molecular weight is 297 g/mol.